The molecule has 4 amide bonds. The Morgan fingerprint density at radius 2 is 1.08 bits per heavy atom. The zero-order chi connectivity index (χ0) is 33.6. The highest BCUT2D eigenvalue weighted by molar-refractivity contribution is 5.98. The van der Waals surface area contributed by atoms with E-state index < -0.39 is 12.1 Å². The highest BCUT2D eigenvalue weighted by Gasteiger charge is 2.35. The van der Waals surface area contributed by atoms with E-state index in [1.54, 1.807) is 35.8 Å². The molecule has 2 fully saturated rings. The first-order valence-electron chi connectivity index (χ1n) is 16.1. The fourth-order valence-electron chi connectivity index (χ4n) is 6.17. The van der Waals surface area contributed by atoms with Gasteiger partial charge in [0.2, 0.25) is 23.6 Å². The summed E-state index contributed by atoms with van der Waals surface area (Å²) in [5.74, 6) is 0.263. The van der Waals surface area contributed by atoms with Gasteiger partial charge in [-0.05, 0) is 74.9 Å². The smallest absolute Gasteiger partial charge is 0.247 e. The van der Waals surface area contributed by atoms with E-state index >= 15 is 0 Å². The van der Waals surface area contributed by atoms with Gasteiger partial charge in [-0.2, -0.15) is 0 Å². The number of benzene rings is 2. The lowest BCUT2D eigenvalue weighted by Gasteiger charge is -2.23. The first-order valence-corrected chi connectivity index (χ1v) is 16.1. The Morgan fingerprint density at radius 1 is 0.688 bits per heavy atom. The molecule has 2 atom stereocenters. The summed E-state index contributed by atoms with van der Waals surface area (Å²) < 4.78 is 10.3. The number of carbonyl (C=O) groups is 4. The van der Waals surface area contributed by atoms with Gasteiger partial charge >= 0.3 is 0 Å². The molecular weight excluding hydrogens is 612 g/mol. The normalized spacial score (nSPS) is 17.6. The molecule has 2 aliphatic rings. The number of hydrogen-bond acceptors (Lipinski definition) is 8. The Bertz CT molecular complexity index is 1680. The number of nitrogens with zero attached hydrogens (tertiary/aromatic N) is 4. The van der Waals surface area contributed by atoms with Crippen LogP contribution in [0.3, 0.4) is 0 Å². The largest absolute Gasteiger partial charge is 0.361 e. The monoisotopic (exact) mass is 650 g/mol. The second kappa shape index (κ2) is 14.5. The van der Waals surface area contributed by atoms with Crippen molar-refractivity contribution in [3.05, 3.63) is 94.7 Å². The number of aryl methyl sites for hydroxylation is 2. The zero-order valence-electron chi connectivity index (χ0n) is 27.0. The third kappa shape index (κ3) is 7.88. The van der Waals surface area contributed by atoms with Crippen molar-refractivity contribution in [2.45, 2.75) is 64.5 Å². The van der Waals surface area contributed by atoms with Crippen molar-refractivity contribution in [3.63, 3.8) is 0 Å². The maximum absolute atomic E-state index is 13.1. The quantitative estimate of drug-likeness (QED) is 0.233. The van der Waals surface area contributed by atoms with Gasteiger partial charge in [0.15, 0.2) is 0 Å². The molecule has 2 N–H and O–H groups in total. The number of nitrogens with one attached hydrogen (secondary N) is 2. The highest BCUT2D eigenvalue weighted by Crippen LogP contribution is 2.23. The number of rotatable bonds is 10. The summed E-state index contributed by atoms with van der Waals surface area (Å²) in [5.41, 5.74) is 4.61. The summed E-state index contributed by atoms with van der Waals surface area (Å²) in [6.07, 6.45) is 6.83. The van der Waals surface area contributed by atoms with E-state index in [2.05, 4.69) is 20.9 Å². The Hall–Kier alpha value is -5.52. The second-order valence-corrected chi connectivity index (χ2v) is 12.3. The molecule has 48 heavy (non-hydrogen) atoms. The van der Waals surface area contributed by atoms with Crippen LogP contribution in [0.4, 0.5) is 11.4 Å². The van der Waals surface area contributed by atoms with E-state index in [4.69, 9.17) is 9.05 Å². The molecule has 6 rings (SSSR count). The molecule has 12 heteroatoms. The number of amides is 4. The van der Waals surface area contributed by atoms with Gasteiger partial charge in [0, 0.05) is 36.6 Å². The van der Waals surface area contributed by atoms with Crippen LogP contribution in [0.25, 0.3) is 12.2 Å². The summed E-state index contributed by atoms with van der Waals surface area (Å²) in [6, 6.07) is 17.4. The average molecular weight is 651 g/mol. The van der Waals surface area contributed by atoms with E-state index in [-0.39, 0.29) is 36.5 Å². The van der Waals surface area contributed by atoms with Crippen molar-refractivity contribution in [2.24, 2.45) is 0 Å². The number of likely N-dealkylation sites (tertiary alicyclic amines) is 2. The van der Waals surface area contributed by atoms with E-state index in [9.17, 15) is 19.2 Å². The van der Waals surface area contributed by atoms with Gasteiger partial charge in [-0.25, -0.2) is 0 Å². The Labute approximate surface area is 278 Å². The lowest BCUT2D eigenvalue weighted by Crippen LogP contribution is -2.43. The third-order valence-corrected chi connectivity index (χ3v) is 8.58. The molecule has 2 saturated heterocycles. The topological polar surface area (TPSA) is 151 Å². The molecule has 0 bridgehead atoms. The average Bonchev–Trinajstić information content (AvgIpc) is 3.90. The van der Waals surface area contributed by atoms with Crippen LogP contribution in [-0.2, 0) is 32.0 Å². The first-order chi connectivity index (χ1) is 23.2. The molecule has 2 aliphatic heterocycles. The Balaban J connectivity index is 0.984. The molecule has 0 radical (unpaired) electrons. The van der Waals surface area contributed by atoms with Crippen molar-refractivity contribution in [1.82, 2.24) is 20.1 Å². The number of hydrogen-bond donors (Lipinski definition) is 2. The van der Waals surface area contributed by atoms with Gasteiger partial charge in [-0.3, -0.25) is 19.2 Å². The molecule has 2 aromatic carbocycles. The summed E-state index contributed by atoms with van der Waals surface area (Å²) in [6.45, 7) is 4.66. The zero-order valence-corrected chi connectivity index (χ0v) is 27.0. The summed E-state index contributed by atoms with van der Waals surface area (Å²) in [7, 11) is 0. The summed E-state index contributed by atoms with van der Waals surface area (Å²) in [5, 5.41) is 13.5. The lowest BCUT2D eigenvalue weighted by atomic mass is 10.1. The highest BCUT2D eigenvalue weighted by atomic mass is 16.5. The maximum atomic E-state index is 13.1. The van der Waals surface area contributed by atoms with Crippen LogP contribution in [0.15, 0.2) is 69.7 Å². The maximum Gasteiger partial charge on any atom is 0.247 e. The van der Waals surface area contributed by atoms with Crippen LogP contribution in [0.1, 0.15) is 59.7 Å². The van der Waals surface area contributed by atoms with Crippen molar-refractivity contribution < 1.29 is 28.2 Å². The van der Waals surface area contributed by atoms with Crippen molar-refractivity contribution in [2.75, 3.05) is 23.7 Å². The van der Waals surface area contributed by atoms with Gasteiger partial charge in [-0.1, -0.05) is 46.7 Å². The van der Waals surface area contributed by atoms with Gasteiger partial charge in [0.25, 0.3) is 0 Å². The summed E-state index contributed by atoms with van der Waals surface area (Å²) in [4.78, 5) is 55.1. The Kier molecular flexibility index (Phi) is 9.79. The van der Waals surface area contributed by atoms with Crippen LogP contribution in [-0.4, -0.2) is 68.9 Å². The van der Waals surface area contributed by atoms with Crippen molar-refractivity contribution in [1.29, 1.82) is 0 Å². The minimum Gasteiger partial charge on any atom is -0.361 e. The van der Waals surface area contributed by atoms with Crippen molar-refractivity contribution >= 4 is 47.2 Å². The number of carbonyl (C=O) groups excluding carboxylic acids is 4. The van der Waals surface area contributed by atoms with Crippen LogP contribution < -0.4 is 10.6 Å². The van der Waals surface area contributed by atoms with E-state index in [0.717, 1.165) is 24.0 Å². The minimum atomic E-state index is -0.525. The minimum absolute atomic E-state index is 0.0796. The third-order valence-electron chi connectivity index (χ3n) is 8.58. The molecular formula is C36H38N6O6. The van der Waals surface area contributed by atoms with Crippen LogP contribution in [0.2, 0.25) is 0 Å². The molecule has 0 unspecified atom stereocenters. The van der Waals surface area contributed by atoms with Crippen molar-refractivity contribution in [3.8, 4) is 0 Å². The molecule has 248 valence electrons. The van der Waals surface area contributed by atoms with Crippen LogP contribution >= 0.6 is 0 Å². The standard InChI is InChI=1S/C36H38N6O6/c1-23-19-29(47-39-23)21-33(43)41-17-3-5-31(41)35(45)37-27-13-9-25(10-14-27)7-8-26-11-15-28(16-12-26)38-36(46)32-6-4-18-42(32)34(44)22-30-20-24(2)40-48-30/h7-16,19-20,31-32H,3-6,17-18,21-22H2,1-2H3,(H,37,45)(H,38,46)/b8-7+/t31-,32-/m0/s1. The van der Waals surface area contributed by atoms with Crippen LogP contribution in [0, 0.1) is 13.8 Å². The predicted molar refractivity (Wildman–Crippen MR) is 178 cm³/mol. The number of anilines is 2. The molecule has 0 spiro atoms. The van der Waals surface area contributed by atoms with E-state index in [1.165, 1.54) is 0 Å². The van der Waals surface area contributed by atoms with Gasteiger partial charge in [0.1, 0.15) is 23.6 Å². The predicted octanol–water partition coefficient (Wildman–Crippen LogP) is 4.79. The SMILES string of the molecule is Cc1cc(CC(=O)N2CCC[C@H]2C(=O)Nc2ccc(/C=C/c3ccc(NC(=O)[C@@H]4CCCN4C(=O)Cc4cc(C)no4)cc3)cc2)on1. The van der Waals surface area contributed by atoms with Gasteiger partial charge in [0.05, 0.1) is 24.2 Å². The molecule has 12 nitrogen and oxygen atoms in total. The molecule has 0 aliphatic carbocycles. The van der Waals surface area contributed by atoms with E-state index in [1.807, 2.05) is 60.7 Å². The fraction of sp³-hybridized carbons (Fsp3) is 0.333. The second-order valence-electron chi connectivity index (χ2n) is 12.3. The first kappa shape index (κ1) is 32.4. The van der Waals surface area contributed by atoms with Gasteiger partial charge in [-0.15, -0.1) is 0 Å². The van der Waals surface area contributed by atoms with Gasteiger partial charge < -0.3 is 29.5 Å². The molecule has 4 aromatic rings. The molecule has 4 heterocycles. The number of aromatic nitrogens is 2. The molecule has 2 aromatic heterocycles. The summed E-state index contributed by atoms with van der Waals surface area (Å²) >= 11 is 0. The lowest BCUT2D eigenvalue weighted by molar-refractivity contribution is -0.136. The molecule has 0 saturated carbocycles. The fourth-order valence-corrected chi connectivity index (χ4v) is 6.17. The van der Waals surface area contributed by atoms with Crippen LogP contribution in [0.5, 0.6) is 0 Å². The Morgan fingerprint density at radius 3 is 1.44 bits per heavy atom. The van der Waals surface area contributed by atoms with E-state index in [0.29, 0.717) is 60.2 Å².